The lowest BCUT2D eigenvalue weighted by Crippen LogP contribution is -2.46. The van der Waals surface area contributed by atoms with E-state index in [4.69, 9.17) is 11.6 Å². The molecule has 1 aromatic carbocycles. The maximum atomic E-state index is 12.7. The number of aromatic nitrogens is 4. The van der Waals surface area contributed by atoms with Gasteiger partial charge in [0, 0.05) is 68.4 Å². The lowest BCUT2D eigenvalue weighted by atomic mass is 10.1. The molecule has 8 heteroatoms. The summed E-state index contributed by atoms with van der Waals surface area (Å²) in [4.78, 5) is 25.7. The van der Waals surface area contributed by atoms with Crippen LogP contribution in [0.4, 0.5) is 5.69 Å². The van der Waals surface area contributed by atoms with Crippen molar-refractivity contribution in [3.63, 3.8) is 0 Å². The van der Waals surface area contributed by atoms with Crippen LogP contribution in [0.3, 0.4) is 0 Å². The number of rotatable bonds is 6. The van der Waals surface area contributed by atoms with E-state index in [-0.39, 0.29) is 5.78 Å². The van der Waals surface area contributed by atoms with Gasteiger partial charge in [-0.1, -0.05) is 17.7 Å². The average Bonchev–Trinajstić information content (AvgIpc) is 3.15. The topological polar surface area (TPSA) is 67.2 Å². The number of carbonyl (C=O) groups is 1. The van der Waals surface area contributed by atoms with E-state index in [9.17, 15) is 4.79 Å². The number of aryl methyl sites for hydroxylation is 1. The van der Waals surface area contributed by atoms with E-state index in [1.54, 1.807) is 29.3 Å². The van der Waals surface area contributed by atoms with E-state index < -0.39 is 0 Å². The van der Waals surface area contributed by atoms with Crippen LogP contribution in [0.1, 0.15) is 22.5 Å². The molecule has 0 aliphatic carbocycles. The Kier molecular flexibility index (Phi) is 5.87. The quantitative estimate of drug-likeness (QED) is 0.582. The van der Waals surface area contributed by atoms with Gasteiger partial charge in [0.2, 0.25) is 5.95 Å². The fraction of sp³-hybridized carbons (Fsp3) is 0.333. The van der Waals surface area contributed by atoms with Gasteiger partial charge in [-0.2, -0.15) is 5.10 Å². The largest absolute Gasteiger partial charge is 0.369 e. The fourth-order valence-electron chi connectivity index (χ4n) is 3.54. The highest BCUT2D eigenvalue weighted by atomic mass is 35.5. The molecule has 0 unspecified atom stereocenters. The summed E-state index contributed by atoms with van der Waals surface area (Å²) in [6.45, 7) is 6.30. The number of piperazine rings is 1. The van der Waals surface area contributed by atoms with E-state index in [0.29, 0.717) is 23.6 Å². The summed E-state index contributed by atoms with van der Waals surface area (Å²) >= 11 is 6.10. The number of carbonyl (C=O) groups excluding carboxylic acids is 1. The Balaban J connectivity index is 1.31. The summed E-state index contributed by atoms with van der Waals surface area (Å²) < 4.78 is 1.56. The molecule has 0 bridgehead atoms. The molecule has 29 heavy (non-hydrogen) atoms. The van der Waals surface area contributed by atoms with Gasteiger partial charge in [-0.3, -0.25) is 9.69 Å². The molecule has 0 spiro atoms. The third-order valence-electron chi connectivity index (χ3n) is 5.16. The second-order valence-corrected chi connectivity index (χ2v) is 7.54. The Hall–Kier alpha value is -2.77. The van der Waals surface area contributed by atoms with Crippen LogP contribution in [-0.2, 0) is 0 Å². The molecule has 0 atom stereocenters. The maximum Gasteiger partial charge on any atom is 0.250 e. The Morgan fingerprint density at radius 1 is 1.10 bits per heavy atom. The van der Waals surface area contributed by atoms with Crippen LogP contribution in [0.5, 0.6) is 0 Å². The second kappa shape index (κ2) is 8.71. The SMILES string of the molecule is Cc1nn(-c2ncccn2)cc1C(=O)CCN1CCN(c2cccc(Cl)c2)CC1. The van der Waals surface area contributed by atoms with Crippen LogP contribution >= 0.6 is 11.6 Å². The first-order valence-electron chi connectivity index (χ1n) is 9.70. The van der Waals surface area contributed by atoms with Crippen LogP contribution in [0.2, 0.25) is 5.02 Å². The standard InChI is InChI=1S/C21H23ClN6O/c1-16-19(15-28(25-16)21-23-7-3-8-24-21)20(29)6-9-26-10-12-27(13-11-26)18-5-2-4-17(22)14-18/h2-5,7-8,14-15H,6,9-13H2,1H3. The van der Waals surface area contributed by atoms with Crippen LogP contribution < -0.4 is 4.90 Å². The molecule has 2 aromatic heterocycles. The molecule has 1 aliphatic heterocycles. The number of anilines is 1. The predicted octanol–water partition coefficient (Wildman–Crippen LogP) is 3.02. The first kappa shape index (κ1) is 19.5. The lowest BCUT2D eigenvalue weighted by Gasteiger charge is -2.36. The molecule has 0 amide bonds. The Morgan fingerprint density at radius 3 is 2.59 bits per heavy atom. The van der Waals surface area contributed by atoms with E-state index >= 15 is 0 Å². The monoisotopic (exact) mass is 410 g/mol. The molecule has 7 nitrogen and oxygen atoms in total. The smallest absolute Gasteiger partial charge is 0.250 e. The van der Waals surface area contributed by atoms with Gasteiger partial charge in [0.05, 0.1) is 11.3 Å². The Bertz CT molecular complexity index is 982. The van der Waals surface area contributed by atoms with Crippen molar-refractivity contribution < 1.29 is 4.79 Å². The second-order valence-electron chi connectivity index (χ2n) is 7.10. The first-order chi connectivity index (χ1) is 14.1. The number of hydrogen-bond acceptors (Lipinski definition) is 6. The number of hydrogen-bond donors (Lipinski definition) is 0. The Morgan fingerprint density at radius 2 is 1.86 bits per heavy atom. The fourth-order valence-corrected chi connectivity index (χ4v) is 3.73. The minimum atomic E-state index is 0.0990. The minimum absolute atomic E-state index is 0.0990. The molecule has 0 radical (unpaired) electrons. The van der Waals surface area contributed by atoms with Crippen LogP contribution in [0.25, 0.3) is 5.95 Å². The van der Waals surface area contributed by atoms with Crippen molar-refractivity contribution in [2.45, 2.75) is 13.3 Å². The zero-order valence-corrected chi connectivity index (χ0v) is 17.1. The highest BCUT2D eigenvalue weighted by molar-refractivity contribution is 6.30. The van der Waals surface area contributed by atoms with Crippen LogP contribution in [-0.4, -0.2) is 63.2 Å². The van der Waals surface area contributed by atoms with Crippen LogP contribution in [0, 0.1) is 6.92 Å². The number of ketones is 1. The number of Topliss-reactive ketones (excluding diaryl/α,β-unsaturated/α-hetero) is 1. The van der Waals surface area contributed by atoms with Gasteiger partial charge in [-0.15, -0.1) is 0 Å². The first-order valence-corrected chi connectivity index (χ1v) is 10.1. The highest BCUT2D eigenvalue weighted by Gasteiger charge is 2.20. The van der Waals surface area contributed by atoms with Gasteiger partial charge >= 0.3 is 0 Å². The van der Waals surface area contributed by atoms with E-state index in [2.05, 4.69) is 30.9 Å². The predicted molar refractivity (Wildman–Crippen MR) is 113 cm³/mol. The van der Waals surface area contributed by atoms with Crippen molar-refractivity contribution in [2.75, 3.05) is 37.6 Å². The number of halogens is 1. The summed E-state index contributed by atoms with van der Waals surface area (Å²) in [5.74, 6) is 0.564. The molecule has 150 valence electrons. The van der Waals surface area contributed by atoms with Crippen molar-refractivity contribution >= 4 is 23.1 Å². The van der Waals surface area contributed by atoms with Crippen molar-refractivity contribution in [1.29, 1.82) is 0 Å². The zero-order chi connectivity index (χ0) is 20.2. The van der Waals surface area contributed by atoms with Crippen molar-refractivity contribution in [1.82, 2.24) is 24.6 Å². The van der Waals surface area contributed by atoms with Crippen molar-refractivity contribution in [2.24, 2.45) is 0 Å². The molecule has 1 fully saturated rings. The van der Waals surface area contributed by atoms with Gasteiger partial charge in [-0.05, 0) is 31.2 Å². The van der Waals surface area contributed by atoms with E-state index in [1.807, 2.05) is 25.1 Å². The van der Waals surface area contributed by atoms with Crippen LogP contribution in [0.15, 0.2) is 48.9 Å². The highest BCUT2D eigenvalue weighted by Crippen LogP contribution is 2.21. The summed E-state index contributed by atoms with van der Waals surface area (Å²) in [7, 11) is 0. The van der Waals surface area contributed by atoms with E-state index in [0.717, 1.165) is 43.4 Å². The molecule has 4 rings (SSSR count). The summed E-state index contributed by atoms with van der Waals surface area (Å²) in [6.07, 6.45) is 5.51. The van der Waals surface area contributed by atoms with Gasteiger partial charge in [0.15, 0.2) is 5.78 Å². The lowest BCUT2D eigenvalue weighted by molar-refractivity contribution is 0.0962. The number of nitrogens with zero attached hydrogens (tertiary/aromatic N) is 6. The van der Waals surface area contributed by atoms with Crippen molar-refractivity contribution in [3.05, 3.63) is 65.2 Å². The third-order valence-corrected chi connectivity index (χ3v) is 5.39. The molecule has 3 aromatic rings. The molecular formula is C21H23ClN6O. The van der Waals surface area contributed by atoms with Crippen molar-refractivity contribution in [3.8, 4) is 5.95 Å². The molecule has 0 saturated carbocycles. The van der Waals surface area contributed by atoms with E-state index in [1.165, 1.54) is 0 Å². The molecule has 0 N–H and O–H groups in total. The van der Waals surface area contributed by atoms with Gasteiger partial charge < -0.3 is 4.90 Å². The normalized spacial score (nSPS) is 14.9. The third kappa shape index (κ3) is 4.63. The Labute approximate surface area is 174 Å². The molecule has 1 aliphatic rings. The van der Waals surface area contributed by atoms with Gasteiger partial charge in [0.1, 0.15) is 0 Å². The number of benzene rings is 1. The summed E-state index contributed by atoms with van der Waals surface area (Å²) in [5, 5.41) is 5.14. The molecular weight excluding hydrogens is 388 g/mol. The molecule has 3 heterocycles. The maximum absolute atomic E-state index is 12.7. The summed E-state index contributed by atoms with van der Waals surface area (Å²) in [5.41, 5.74) is 2.49. The minimum Gasteiger partial charge on any atom is -0.369 e. The van der Waals surface area contributed by atoms with Gasteiger partial charge in [0.25, 0.3) is 0 Å². The zero-order valence-electron chi connectivity index (χ0n) is 16.3. The average molecular weight is 411 g/mol. The van der Waals surface area contributed by atoms with Gasteiger partial charge in [-0.25, -0.2) is 14.6 Å². The summed E-state index contributed by atoms with van der Waals surface area (Å²) in [6, 6.07) is 9.70. The molecule has 1 saturated heterocycles.